The Morgan fingerprint density at radius 2 is 2.31 bits per heavy atom. The molecule has 1 N–H and O–H groups in total. The molecule has 2 saturated heterocycles. The van der Waals surface area contributed by atoms with Crippen molar-refractivity contribution in [1.82, 2.24) is 10.2 Å². The van der Waals surface area contributed by atoms with Crippen molar-refractivity contribution in [1.29, 1.82) is 0 Å². The van der Waals surface area contributed by atoms with Crippen LogP contribution in [0.4, 0.5) is 0 Å². The van der Waals surface area contributed by atoms with Gasteiger partial charge >= 0.3 is 0 Å². The van der Waals surface area contributed by atoms with Gasteiger partial charge in [-0.15, -0.1) is 0 Å². The van der Waals surface area contributed by atoms with Crippen LogP contribution in [0.25, 0.3) is 0 Å². The van der Waals surface area contributed by atoms with Gasteiger partial charge < -0.3 is 9.69 Å². The predicted molar refractivity (Wildman–Crippen MR) is 46.9 cm³/mol. The molecule has 2 unspecified atom stereocenters. The summed E-state index contributed by atoms with van der Waals surface area (Å²) in [6.07, 6.45) is 3.81. The minimum Gasteiger partial charge on any atom is -0.327 e. The van der Waals surface area contributed by atoms with Crippen molar-refractivity contribution in [3.05, 3.63) is 0 Å². The molecule has 0 bridgehead atoms. The summed E-state index contributed by atoms with van der Waals surface area (Å²) >= 11 is 0. The standard InChI is InChI=1S/C9H14N2O2/c12-6-7-3-5-11(9(7)13)8-2-1-4-10-8/h6-8,10H,1-5H2. The van der Waals surface area contributed by atoms with E-state index in [1.807, 2.05) is 4.90 Å². The largest absolute Gasteiger partial charge is 0.327 e. The second-order valence-corrected chi connectivity index (χ2v) is 3.68. The van der Waals surface area contributed by atoms with E-state index in [4.69, 9.17) is 0 Å². The molecule has 0 aromatic rings. The fraction of sp³-hybridized carbons (Fsp3) is 0.778. The number of carbonyl (C=O) groups is 2. The van der Waals surface area contributed by atoms with Crippen LogP contribution in [0.15, 0.2) is 0 Å². The van der Waals surface area contributed by atoms with Crippen molar-refractivity contribution in [2.75, 3.05) is 13.1 Å². The fourth-order valence-electron chi connectivity index (χ4n) is 2.09. The summed E-state index contributed by atoms with van der Waals surface area (Å²) in [7, 11) is 0. The number of hydrogen-bond acceptors (Lipinski definition) is 3. The van der Waals surface area contributed by atoms with Crippen LogP contribution in [0, 0.1) is 5.92 Å². The van der Waals surface area contributed by atoms with Gasteiger partial charge in [-0.1, -0.05) is 0 Å². The maximum atomic E-state index is 11.6. The third-order valence-corrected chi connectivity index (χ3v) is 2.86. The van der Waals surface area contributed by atoms with Crippen molar-refractivity contribution in [2.45, 2.75) is 25.4 Å². The average molecular weight is 182 g/mol. The second kappa shape index (κ2) is 3.46. The van der Waals surface area contributed by atoms with E-state index in [1.54, 1.807) is 0 Å². The highest BCUT2D eigenvalue weighted by atomic mass is 16.2. The van der Waals surface area contributed by atoms with Gasteiger partial charge in [0.15, 0.2) is 0 Å². The van der Waals surface area contributed by atoms with Gasteiger partial charge in [-0.3, -0.25) is 10.1 Å². The van der Waals surface area contributed by atoms with E-state index in [0.717, 1.165) is 32.2 Å². The Hall–Kier alpha value is -0.900. The van der Waals surface area contributed by atoms with Crippen LogP contribution in [0.2, 0.25) is 0 Å². The molecular formula is C9H14N2O2. The molecule has 0 saturated carbocycles. The lowest BCUT2D eigenvalue weighted by molar-refractivity contribution is -0.135. The molecule has 0 aromatic carbocycles. The van der Waals surface area contributed by atoms with Gasteiger partial charge in [0.1, 0.15) is 6.29 Å². The van der Waals surface area contributed by atoms with Gasteiger partial charge in [0.05, 0.1) is 12.1 Å². The van der Waals surface area contributed by atoms with Gasteiger partial charge in [0.25, 0.3) is 0 Å². The van der Waals surface area contributed by atoms with E-state index in [2.05, 4.69) is 5.32 Å². The van der Waals surface area contributed by atoms with Gasteiger partial charge in [-0.25, -0.2) is 0 Å². The third kappa shape index (κ3) is 1.46. The topological polar surface area (TPSA) is 49.4 Å². The van der Waals surface area contributed by atoms with Crippen molar-refractivity contribution in [2.24, 2.45) is 5.92 Å². The molecule has 0 radical (unpaired) electrons. The number of aldehydes is 1. The SMILES string of the molecule is O=CC1CCN(C2CCCN2)C1=O. The highest BCUT2D eigenvalue weighted by molar-refractivity contribution is 5.93. The summed E-state index contributed by atoms with van der Waals surface area (Å²) in [6, 6.07) is 0. The van der Waals surface area contributed by atoms with Crippen LogP contribution >= 0.6 is 0 Å². The molecule has 2 rings (SSSR count). The first-order valence-corrected chi connectivity index (χ1v) is 4.82. The lowest BCUT2D eigenvalue weighted by Crippen LogP contribution is -2.43. The fourth-order valence-corrected chi connectivity index (χ4v) is 2.09. The number of rotatable bonds is 2. The summed E-state index contributed by atoms with van der Waals surface area (Å²) in [5.74, 6) is -0.364. The monoisotopic (exact) mass is 182 g/mol. The first kappa shape index (κ1) is 8.69. The molecule has 4 nitrogen and oxygen atoms in total. The third-order valence-electron chi connectivity index (χ3n) is 2.86. The zero-order valence-electron chi connectivity index (χ0n) is 7.53. The molecule has 2 atom stereocenters. The molecule has 0 aliphatic carbocycles. The smallest absolute Gasteiger partial charge is 0.234 e. The molecular weight excluding hydrogens is 168 g/mol. The maximum absolute atomic E-state index is 11.6. The van der Waals surface area contributed by atoms with Gasteiger partial charge in [0, 0.05) is 6.54 Å². The number of hydrogen-bond donors (Lipinski definition) is 1. The maximum Gasteiger partial charge on any atom is 0.234 e. The quantitative estimate of drug-likeness (QED) is 0.473. The van der Waals surface area contributed by atoms with Crippen LogP contribution < -0.4 is 5.32 Å². The van der Waals surface area contributed by atoms with Crippen molar-refractivity contribution < 1.29 is 9.59 Å². The van der Waals surface area contributed by atoms with E-state index in [9.17, 15) is 9.59 Å². The predicted octanol–water partition coefficient (Wildman–Crippen LogP) is -0.257. The second-order valence-electron chi connectivity index (χ2n) is 3.68. The van der Waals surface area contributed by atoms with Crippen molar-refractivity contribution >= 4 is 12.2 Å². The Morgan fingerprint density at radius 3 is 2.85 bits per heavy atom. The molecule has 2 heterocycles. The van der Waals surface area contributed by atoms with E-state index in [-0.39, 0.29) is 18.0 Å². The van der Waals surface area contributed by atoms with E-state index < -0.39 is 0 Å². The zero-order chi connectivity index (χ0) is 9.26. The minimum atomic E-state index is -0.373. The number of likely N-dealkylation sites (tertiary alicyclic amines) is 1. The van der Waals surface area contributed by atoms with Gasteiger partial charge in [-0.05, 0) is 25.8 Å². The number of carbonyl (C=O) groups excluding carboxylic acids is 2. The van der Waals surface area contributed by atoms with Gasteiger partial charge in [0.2, 0.25) is 5.91 Å². The summed E-state index contributed by atoms with van der Waals surface area (Å²) < 4.78 is 0. The van der Waals surface area contributed by atoms with Gasteiger partial charge in [-0.2, -0.15) is 0 Å². The lowest BCUT2D eigenvalue weighted by atomic mass is 10.1. The Kier molecular flexibility index (Phi) is 2.31. The highest BCUT2D eigenvalue weighted by Gasteiger charge is 2.36. The van der Waals surface area contributed by atoms with Crippen molar-refractivity contribution in [3.8, 4) is 0 Å². The Labute approximate surface area is 77.3 Å². The lowest BCUT2D eigenvalue weighted by Gasteiger charge is -2.23. The number of amides is 1. The molecule has 2 fully saturated rings. The number of nitrogens with one attached hydrogen (secondary N) is 1. The molecule has 0 aromatic heterocycles. The summed E-state index contributed by atoms with van der Waals surface area (Å²) in [6.45, 7) is 1.72. The molecule has 72 valence electrons. The van der Waals surface area contributed by atoms with E-state index in [1.165, 1.54) is 0 Å². The van der Waals surface area contributed by atoms with Crippen LogP contribution in [0.3, 0.4) is 0 Å². The number of nitrogens with zero attached hydrogens (tertiary/aromatic N) is 1. The minimum absolute atomic E-state index is 0.00870. The molecule has 1 amide bonds. The Morgan fingerprint density at radius 1 is 1.46 bits per heavy atom. The van der Waals surface area contributed by atoms with Crippen molar-refractivity contribution in [3.63, 3.8) is 0 Å². The summed E-state index contributed by atoms with van der Waals surface area (Å²) in [4.78, 5) is 23.9. The molecule has 4 heteroatoms. The van der Waals surface area contributed by atoms with E-state index in [0.29, 0.717) is 6.42 Å². The first-order valence-electron chi connectivity index (χ1n) is 4.82. The first-order chi connectivity index (χ1) is 6.33. The average Bonchev–Trinajstić information content (AvgIpc) is 2.72. The van der Waals surface area contributed by atoms with Crippen LogP contribution in [0.1, 0.15) is 19.3 Å². The normalized spacial score (nSPS) is 34.2. The molecule has 13 heavy (non-hydrogen) atoms. The molecule has 2 aliphatic rings. The molecule has 2 aliphatic heterocycles. The summed E-state index contributed by atoms with van der Waals surface area (Å²) in [5.41, 5.74) is 0. The van der Waals surface area contributed by atoms with E-state index >= 15 is 0 Å². The Bertz CT molecular complexity index is 224. The Balaban J connectivity index is 2.01. The highest BCUT2D eigenvalue weighted by Crippen LogP contribution is 2.21. The van der Waals surface area contributed by atoms with Crippen LogP contribution in [-0.2, 0) is 9.59 Å². The van der Waals surface area contributed by atoms with Crippen LogP contribution in [0.5, 0.6) is 0 Å². The summed E-state index contributed by atoms with van der Waals surface area (Å²) in [5, 5.41) is 3.26. The van der Waals surface area contributed by atoms with Crippen LogP contribution in [-0.4, -0.2) is 36.3 Å². The molecule has 0 spiro atoms. The zero-order valence-corrected chi connectivity index (χ0v) is 7.53.